The summed E-state index contributed by atoms with van der Waals surface area (Å²) in [5, 5.41) is 9.50. The number of nitrogens with one attached hydrogen (secondary N) is 3. The molecule has 3 heterocycles. The van der Waals surface area contributed by atoms with Crippen LogP contribution < -0.4 is 16.0 Å². The summed E-state index contributed by atoms with van der Waals surface area (Å²) < 4.78 is 28.1. The van der Waals surface area contributed by atoms with Crippen molar-refractivity contribution in [3.8, 4) is 0 Å². The van der Waals surface area contributed by atoms with E-state index in [9.17, 15) is 23.2 Å². The lowest BCUT2D eigenvalue weighted by Gasteiger charge is -2.26. The van der Waals surface area contributed by atoms with Gasteiger partial charge in [0.2, 0.25) is 11.8 Å². The van der Waals surface area contributed by atoms with Crippen LogP contribution in [0.15, 0.2) is 60.7 Å². The van der Waals surface area contributed by atoms with Gasteiger partial charge < -0.3 is 20.9 Å². The van der Waals surface area contributed by atoms with E-state index < -0.39 is 48.3 Å². The number of pyridine rings is 1. The van der Waals surface area contributed by atoms with Crippen molar-refractivity contribution < 1.29 is 23.2 Å². The molecule has 45 heavy (non-hydrogen) atoms. The maximum atomic E-state index is 14.6. The van der Waals surface area contributed by atoms with E-state index in [1.807, 2.05) is 6.92 Å². The van der Waals surface area contributed by atoms with Gasteiger partial charge in [0.1, 0.15) is 23.7 Å². The van der Waals surface area contributed by atoms with Crippen LogP contribution in [0.1, 0.15) is 65.8 Å². The zero-order chi connectivity index (χ0) is 31.5. The first kappa shape index (κ1) is 30.6. The van der Waals surface area contributed by atoms with Gasteiger partial charge in [-0.2, -0.15) is 0 Å². The van der Waals surface area contributed by atoms with Gasteiger partial charge in [-0.3, -0.25) is 14.4 Å². The molecule has 2 aliphatic heterocycles. The highest BCUT2D eigenvalue weighted by molar-refractivity contribution is 5.97. The monoisotopic (exact) mass is 613 g/mol. The van der Waals surface area contributed by atoms with E-state index in [0.717, 1.165) is 36.2 Å². The van der Waals surface area contributed by atoms with Crippen LogP contribution in [0.25, 0.3) is 22.6 Å². The van der Waals surface area contributed by atoms with Crippen molar-refractivity contribution in [2.24, 2.45) is 5.92 Å². The van der Waals surface area contributed by atoms with Crippen molar-refractivity contribution >= 4 is 40.3 Å². The van der Waals surface area contributed by atoms with E-state index in [0.29, 0.717) is 16.8 Å². The van der Waals surface area contributed by atoms with E-state index >= 15 is 0 Å². The van der Waals surface area contributed by atoms with Crippen LogP contribution in [0.4, 0.5) is 8.78 Å². The number of rotatable bonds is 9. The molecule has 1 aromatic heterocycles. The summed E-state index contributed by atoms with van der Waals surface area (Å²) in [6.07, 6.45) is 8.41. The highest BCUT2D eigenvalue weighted by Crippen LogP contribution is 2.33. The summed E-state index contributed by atoms with van der Waals surface area (Å²) in [7, 11) is 0. The van der Waals surface area contributed by atoms with Crippen molar-refractivity contribution in [2.75, 3.05) is 26.2 Å². The van der Waals surface area contributed by atoms with Gasteiger partial charge in [-0.15, -0.1) is 0 Å². The maximum absolute atomic E-state index is 14.6. The first-order valence-corrected chi connectivity index (χ1v) is 15.6. The molecular weight excluding hydrogens is 576 g/mol. The fraction of sp³-hybridized carbons (Fsp3) is 0.371. The van der Waals surface area contributed by atoms with E-state index in [2.05, 4.69) is 57.4 Å². The molecule has 3 aromatic rings. The second kappa shape index (κ2) is 13.3. The van der Waals surface area contributed by atoms with E-state index in [1.165, 1.54) is 47.6 Å². The highest BCUT2D eigenvalue weighted by atomic mass is 19.1. The Bertz CT molecular complexity index is 1680. The van der Waals surface area contributed by atoms with Crippen LogP contribution in [0.5, 0.6) is 0 Å². The molecule has 3 N–H and O–H groups in total. The van der Waals surface area contributed by atoms with Crippen LogP contribution in [-0.4, -0.2) is 66.0 Å². The summed E-state index contributed by atoms with van der Waals surface area (Å²) in [6.45, 7) is 2.98. The predicted octanol–water partition coefficient (Wildman–Crippen LogP) is 4.72. The molecule has 0 unspecified atom stereocenters. The van der Waals surface area contributed by atoms with Gasteiger partial charge >= 0.3 is 0 Å². The van der Waals surface area contributed by atoms with Crippen LogP contribution in [-0.2, 0) is 9.59 Å². The van der Waals surface area contributed by atoms with Crippen LogP contribution in [0.3, 0.4) is 0 Å². The Hall–Kier alpha value is -4.44. The van der Waals surface area contributed by atoms with Crippen LogP contribution in [0.2, 0.25) is 0 Å². The number of hydrogen-bond acceptors (Lipinski definition) is 5. The van der Waals surface area contributed by atoms with E-state index in [-0.39, 0.29) is 18.7 Å². The van der Waals surface area contributed by atoms with Crippen LogP contribution in [0, 0.1) is 11.7 Å². The molecular formula is C35H37F2N5O3. The summed E-state index contributed by atoms with van der Waals surface area (Å²) in [4.78, 5) is 44.9. The average molecular weight is 614 g/mol. The largest absolute Gasteiger partial charge is 0.348 e. The zero-order valence-corrected chi connectivity index (χ0v) is 25.2. The maximum Gasteiger partial charge on any atom is 0.270 e. The number of carbonyl (C=O) groups excluding carboxylic acids is 3. The third-order valence-corrected chi connectivity index (χ3v) is 8.64. The number of alkyl halides is 1. The second-order valence-electron chi connectivity index (χ2n) is 12.1. The van der Waals surface area contributed by atoms with Crippen molar-refractivity contribution in [3.63, 3.8) is 0 Å². The lowest BCUT2D eigenvalue weighted by atomic mass is 9.93. The Labute approximate surface area is 261 Å². The fourth-order valence-electron chi connectivity index (χ4n) is 5.96. The lowest BCUT2D eigenvalue weighted by Crippen LogP contribution is -2.49. The quantitative estimate of drug-likeness (QED) is 0.324. The van der Waals surface area contributed by atoms with Gasteiger partial charge in [0, 0.05) is 18.4 Å². The molecule has 0 radical (unpaired) electrons. The van der Waals surface area contributed by atoms with Gasteiger partial charge in [-0.05, 0) is 91.2 Å². The molecule has 1 aliphatic carbocycles. The molecule has 8 nitrogen and oxygen atoms in total. The normalized spacial score (nSPS) is 20.7. The number of allylic oxidation sites excluding steroid dienone is 1. The van der Waals surface area contributed by atoms with E-state index in [1.54, 1.807) is 6.07 Å². The first-order chi connectivity index (χ1) is 21.7. The SMILES string of the molecule is C[C@H](NC(=O)[C@@H]1C[C@@H](F)CN1C(=O)CNC(=O)c1ccc2cc(F)ccc2n1)c1cc(C2=CCCNC2)ccc1/C=C/C1CC1. The molecule has 0 spiro atoms. The van der Waals surface area contributed by atoms with E-state index in [4.69, 9.17) is 0 Å². The minimum absolute atomic E-state index is 0.0587. The van der Waals surface area contributed by atoms with Crippen molar-refractivity contribution in [1.82, 2.24) is 25.8 Å². The molecule has 3 aliphatic rings. The molecule has 6 rings (SSSR count). The Morgan fingerprint density at radius 1 is 1.13 bits per heavy atom. The summed E-state index contributed by atoms with van der Waals surface area (Å²) >= 11 is 0. The molecule has 1 saturated carbocycles. The highest BCUT2D eigenvalue weighted by Gasteiger charge is 2.40. The minimum atomic E-state index is -1.36. The standard InChI is InChI=1S/C35H37F2N5O3/c1-21(29-16-24(26-3-2-14-38-18-26)9-8-23(29)7-6-22-4-5-22)40-35(45)32-17-28(37)20-42(32)33(43)19-39-34(44)31-12-10-25-15-27(36)11-13-30(25)41-31/h3,6-13,15-16,21-22,28,32,38H,2,4-5,14,17-20H2,1H3,(H,39,44)(H,40,45)/b7-6+/t21-,28+,32-/m0/s1. The predicted molar refractivity (Wildman–Crippen MR) is 169 cm³/mol. The Kier molecular flexibility index (Phi) is 9.02. The summed E-state index contributed by atoms with van der Waals surface area (Å²) in [5.41, 5.74) is 4.76. The number of nitrogens with zero attached hydrogens (tertiary/aromatic N) is 2. The van der Waals surface area contributed by atoms with Crippen molar-refractivity contribution in [2.45, 2.75) is 50.9 Å². The topological polar surface area (TPSA) is 103 Å². The third-order valence-electron chi connectivity index (χ3n) is 8.64. The smallest absolute Gasteiger partial charge is 0.270 e. The molecule has 0 bridgehead atoms. The molecule has 1 saturated heterocycles. The summed E-state index contributed by atoms with van der Waals surface area (Å²) in [6, 6.07) is 12.0. The molecule has 2 fully saturated rings. The molecule has 234 valence electrons. The number of hydrogen-bond donors (Lipinski definition) is 3. The molecule has 2 aromatic carbocycles. The number of halogens is 2. The van der Waals surface area contributed by atoms with Gasteiger partial charge in [-0.1, -0.05) is 36.4 Å². The number of amides is 3. The minimum Gasteiger partial charge on any atom is -0.348 e. The van der Waals surface area contributed by atoms with Gasteiger partial charge in [-0.25, -0.2) is 13.8 Å². The third kappa shape index (κ3) is 7.28. The Morgan fingerprint density at radius 2 is 1.98 bits per heavy atom. The number of benzene rings is 2. The Morgan fingerprint density at radius 3 is 2.76 bits per heavy atom. The van der Waals surface area contributed by atoms with Crippen LogP contribution >= 0.6 is 0 Å². The number of fused-ring (bicyclic) bond motifs is 1. The number of carbonyl (C=O) groups is 3. The first-order valence-electron chi connectivity index (χ1n) is 15.6. The summed E-state index contributed by atoms with van der Waals surface area (Å²) in [5.74, 6) is -1.42. The Balaban J connectivity index is 1.13. The number of aromatic nitrogens is 1. The van der Waals surface area contributed by atoms with Crippen molar-refractivity contribution in [1.29, 1.82) is 0 Å². The number of likely N-dealkylation sites (tertiary alicyclic amines) is 1. The molecule has 3 atom stereocenters. The van der Waals surface area contributed by atoms with Gasteiger partial charge in [0.05, 0.1) is 24.6 Å². The molecule has 3 amide bonds. The fourth-order valence-corrected chi connectivity index (χ4v) is 5.96. The second-order valence-corrected chi connectivity index (χ2v) is 12.1. The van der Waals surface area contributed by atoms with Crippen molar-refractivity contribution in [3.05, 3.63) is 88.9 Å². The van der Waals surface area contributed by atoms with Gasteiger partial charge in [0.25, 0.3) is 5.91 Å². The van der Waals surface area contributed by atoms with Gasteiger partial charge in [0.15, 0.2) is 0 Å². The molecule has 10 heteroatoms. The zero-order valence-electron chi connectivity index (χ0n) is 25.2. The lowest BCUT2D eigenvalue weighted by molar-refractivity contribution is -0.138. The average Bonchev–Trinajstić information content (AvgIpc) is 3.80.